The molecule has 2 nitrogen and oxygen atoms in total. The molecule has 1 aromatic carbocycles. The number of benzene rings is 1. The zero-order valence-corrected chi connectivity index (χ0v) is 13.8. The fraction of sp³-hybridized carbons (Fsp3) is 0.467. The Morgan fingerprint density at radius 1 is 1.05 bits per heavy atom. The van der Waals surface area contributed by atoms with Crippen LogP contribution in [0.2, 0.25) is 0 Å². The summed E-state index contributed by atoms with van der Waals surface area (Å²) in [5, 5.41) is 2.37. The van der Waals surface area contributed by atoms with Crippen molar-refractivity contribution in [1.29, 1.82) is 0 Å². The second-order valence-electron chi connectivity index (χ2n) is 4.38. The maximum Gasteiger partial charge on any atom is 0.0966 e. The molecule has 3 rings (SSSR count). The van der Waals surface area contributed by atoms with Crippen molar-refractivity contribution in [3.8, 4) is 0 Å². The molecule has 4 heteroatoms. The quantitative estimate of drug-likeness (QED) is 0.600. The topological polar surface area (TPSA) is 25.8 Å². The minimum absolute atomic E-state index is 0.556. The number of fused-ring (bicyclic) bond motifs is 2. The van der Waals surface area contributed by atoms with Gasteiger partial charge in [0.15, 0.2) is 0 Å². The molecule has 2 heterocycles. The number of rotatable bonds is 2. The highest BCUT2D eigenvalue weighted by Gasteiger charge is 2.11. The van der Waals surface area contributed by atoms with Gasteiger partial charge in [-0.15, -0.1) is 22.7 Å². The fourth-order valence-corrected chi connectivity index (χ4v) is 3.83. The Bertz CT molecular complexity index is 631. The molecule has 0 aliphatic carbocycles. The summed E-state index contributed by atoms with van der Waals surface area (Å²) in [6.45, 7) is 10.5. The summed E-state index contributed by atoms with van der Waals surface area (Å²) in [7, 11) is 0. The number of hydrogen-bond donors (Lipinski definition) is 0. The lowest BCUT2D eigenvalue weighted by molar-refractivity contribution is 0.729. The van der Waals surface area contributed by atoms with Crippen LogP contribution in [-0.4, -0.2) is 9.97 Å². The SMILES string of the molecule is CC.CCC(C)c1nc2cc3sc(C)nc3cc2s1. The monoisotopic (exact) mass is 292 g/mol. The molecule has 0 spiro atoms. The Hall–Kier alpha value is -1.00. The summed E-state index contributed by atoms with van der Waals surface area (Å²) in [6, 6.07) is 4.36. The maximum atomic E-state index is 4.74. The highest BCUT2D eigenvalue weighted by molar-refractivity contribution is 7.20. The molecule has 3 aromatic rings. The highest BCUT2D eigenvalue weighted by atomic mass is 32.1. The van der Waals surface area contributed by atoms with Gasteiger partial charge in [0, 0.05) is 5.92 Å². The van der Waals surface area contributed by atoms with Crippen molar-refractivity contribution < 1.29 is 0 Å². The van der Waals surface area contributed by atoms with Crippen molar-refractivity contribution in [2.24, 2.45) is 0 Å². The van der Waals surface area contributed by atoms with Crippen molar-refractivity contribution in [2.75, 3.05) is 0 Å². The second kappa shape index (κ2) is 5.97. The summed E-state index contributed by atoms with van der Waals surface area (Å²) < 4.78 is 2.51. The molecular formula is C15H20N2S2. The molecule has 2 aromatic heterocycles. The molecule has 0 N–H and O–H groups in total. The third kappa shape index (κ3) is 2.79. The summed E-state index contributed by atoms with van der Waals surface area (Å²) in [4.78, 5) is 9.28. The van der Waals surface area contributed by atoms with E-state index in [0.29, 0.717) is 5.92 Å². The third-order valence-corrected chi connectivity index (χ3v) is 5.24. The molecule has 0 fully saturated rings. The van der Waals surface area contributed by atoms with E-state index < -0.39 is 0 Å². The van der Waals surface area contributed by atoms with Crippen LogP contribution in [0.15, 0.2) is 12.1 Å². The van der Waals surface area contributed by atoms with Gasteiger partial charge in [0.2, 0.25) is 0 Å². The molecule has 102 valence electrons. The predicted molar refractivity (Wildman–Crippen MR) is 87.6 cm³/mol. The molecule has 1 atom stereocenters. The first-order chi connectivity index (χ1) is 9.17. The lowest BCUT2D eigenvalue weighted by Gasteiger charge is -2.00. The average Bonchev–Trinajstić information content (AvgIpc) is 2.98. The van der Waals surface area contributed by atoms with E-state index in [1.165, 1.54) is 14.4 Å². The first kappa shape index (κ1) is 14.4. The average molecular weight is 292 g/mol. The van der Waals surface area contributed by atoms with Gasteiger partial charge in [0.1, 0.15) is 0 Å². The molecule has 0 bridgehead atoms. The Balaban J connectivity index is 0.000000637. The van der Waals surface area contributed by atoms with Crippen LogP contribution in [0.1, 0.15) is 50.0 Å². The summed E-state index contributed by atoms with van der Waals surface area (Å²) in [5.74, 6) is 0.556. The van der Waals surface area contributed by atoms with Crippen molar-refractivity contribution in [3.05, 3.63) is 22.1 Å². The van der Waals surface area contributed by atoms with E-state index in [2.05, 4.69) is 37.9 Å². The van der Waals surface area contributed by atoms with E-state index in [1.54, 1.807) is 11.3 Å². The Kier molecular flexibility index (Phi) is 4.53. The van der Waals surface area contributed by atoms with E-state index >= 15 is 0 Å². The van der Waals surface area contributed by atoms with Crippen LogP contribution < -0.4 is 0 Å². The van der Waals surface area contributed by atoms with Crippen LogP contribution in [0.4, 0.5) is 0 Å². The fourth-order valence-electron chi connectivity index (χ4n) is 1.87. The van der Waals surface area contributed by atoms with Gasteiger partial charge in [0.25, 0.3) is 0 Å². The number of nitrogens with zero attached hydrogens (tertiary/aromatic N) is 2. The van der Waals surface area contributed by atoms with Crippen LogP contribution in [0.3, 0.4) is 0 Å². The minimum Gasteiger partial charge on any atom is -0.241 e. The van der Waals surface area contributed by atoms with Gasteiger partial charge in [0.05, 0.1) is 30.4 Å². The Morgan fingerprint density at radius 2 is 1.63 bits per heavy atom. The van der Waals surface area contributed by atoms with Gasteiger partial charge in [-0.1, -0.05) is 27.7 Å². The van der Waals surface area contributed by atoms with E-state index in [0.717, 1.165) is 22.5 Å². The van der Waals surface area contributed by atoms with Crippen LogP contribution in [-0.2, 0) is 0 Å². The van der Waals surface area contributed by atoms with E-state index in [1.807, 2.05) is 25.2 Å². The maximum absolute atomic E-state index is 4.74. The smallest absolute Gasteiger partial charge is 0.0966 e. The number of thiazole rings is 2. The standard InChI is InChI=1S/C13H14N2S2.C2H6/c1-4-7(2)13-15-10-6-11-9(5-12(10)17-13)14-8(3)16-11;1-2/h5-7H,4H2,1-3H3;1-2H3. The summed E-state index contributed by atoms with van der Waals surface area (Å²) in [6.07, 6.45) is 1.14. The van der Waals surface area contributed by atoms with Gasteiger partial charge in [-0.05, 0) is 25.5 Å². The molecule has 0 aliphatic heterocycles. The van der Waals surface area contributed by atoms with Crippen molar-refractivity contribution in [2.45, 2.75) is 47.0 Å². The zero-order chi connectivity index (χ0) is 14.0. The number of aromatic nitrogens is 2. The lowest BCUT2D eigenvalue weighted by Crippen LogP contribution is -1.88. The second-order valence-corrected chi connectivity index (χ2v) is 6.68. The van der Waals surface area contributed by atoms with Gasteiger partial charge in [-0.25, -0.2) is 9.97 Å². The van der Waals surface area contributed by atoms with E-state index in [-0.39, 0.29) is 0 Å². The molecule has 0 amide bonds. The molecule has 0 aliphatic rings. The predicted octanol–water partition coefficient (Wildman–Crippen LogP) is 5.75. The lowest BCUT2D eigenvalue weighted by atomic mass is 10.1. The van der Waals surface area contributed by atoms with Crippen LogP contribution in [0, 0.1) is 6.92 Å². The zero-order valence-electron chi connectivity index (χ0n) is 12.2. The van der Waals surface area contributed by atoms with E-state index in [4.69, 9.17) is 4.98 Å². The first-order valence-electron chi connectivity index (χ1n) is 6.85. The molecule has 0 saturated heterocycles. The van der Waals surface area contributed by atoms with Gasteiger partial charge < -0.3 is 0 Å². The highest BCUT2D eigenvalue weighted by Crippen LogP contribution is 2.33. The Morgan fingerprint density at radius 3 is 2.26 bits per heavy atom. The van der Waals surface area contributed by atoms with Crippen LogP contribution >= 0.6 is 22.7 Å². The molecule has 0 radical (unpaired) electrons. The largest absolute Gasteiger partial charge is 0.241 e. The molecular weight excluding hydrogens is 272 g/mol. The molecule has 1 unspecified atom stereocenters. The van der Waals surface area contributed by atoms with Crippen LogP contribution in [0.5, 0.6) is 0 Å². The summed E-state index contributed by atoms with van der Waals surface area (Å²) >= 11 is 3.55. The van der Waals surface area contributed by atoms with Crippen molar-refractivity contribution >= 4 is 43.1 Å². The van der Waals surface area contributed by atoms with E-state index in [9.17, 15) is 0 Å². The third-order valence-electron chi connectivity index (χ3n) is 3.06. The van der Waals surface area contributed by atoms with Crippen molar-refractivity contribution in [3.63, 3.8) is 0 Å². The molecule has 19 heavy (non-hydrogen) atoms. The minimum atomic E-state index is 0.556. The van der Waals surface area contributed by atoms with Gasteiger partial charge in [-0.2, -0.15) is 0 Å². The van der Waals surface area contributed by atoms with Gasteiger partial charge >= 0.3 is 0 Å². The van der Waals surface area contributed by atoms with Gasteiger partial charge in [-0.3, -0.25) is 0 Å². The summed E-state index contributed by atoms with van der Waals surface area (Å²) in [5.41, 5.74) is 2.24. The number of hydrogen-bond acceptors (Lipinski definition) is 4. The van der Waals surface area contributed by atoms with Crippen molar-refractivity contribution in [1.82, 2.24) is 9.97 Å². The number of aryl methyl sites for hydroxylation is 1. The Labute approximate surface area is 122 Å². The van der Waals surface area contributed by atoms with Crippen LogP contribution in [0.25, 0.3) is 20.4 Å². The normalized spacial score (nSPS) is 12.5. The molecule has 0 saturated carbocycles. The first-order valence-corrected chi connectivity index (χ1v) is 8.48.